The van der Waals surface area contributed by atoms with Gasteiger partial charge in [0.1, 0.15) is 18.4 Å². The molecule has 0 unspecified atom stereocenters. The predicted molar refractivity (Wildman–Crippen MR) is 74.5 cm³/mol. The molecule has 1 N–H and O–H groups in total. The zero-order valence-electron chi connectivity index (χ0n) is 11.9. The van der Waals surface area contributed by atoms with Crippen LogP contribution in [0.15, 0.2) is 28.2 Å². The number of H-pyrrole nitrogens is 1. The van der Waals surface area contributed by atoms with E-state index in [1.165, 1.54) is 10.6 Å². The fourth-order valence-electron chi connectivity index (χ4n) is 2.31. The van der Waals surface area contributed by atoms with Crippen molar-refractivity contribution in [3.63, 3.8) is 0 Å². The van der Waals surface area contributed by atoms with Gasteiger partial charge in [-0.15, -0.1) is 0 Å². The van der Waals surface area contributed by atoms with Crippen molar-refractivity contribution in [2.24, 2.45) is 0 Å². The molecule has 22 heavy (non-hydrogen) atoms. The molecule has 2 aromatic rings. The van der Waals surface area contributed by atoms with E-state index in [0.29, 0.717) is 24.4 Å². The van der Waals surface area contributed by atoms with Crippen LogP contribution in [0.3, 0.4) is 0 Å². The molecule has 0 radical (unpaired) electrons. The highest BCUT2D eigenvalue weighted by molar-refractivity contribution is 7.88. The molecule has 3 heterocycles. The highest BCUT2D eigenvalue weighted by Crippen LogP contribution is 2.16. The normalized spacial score (nSPS) is 16.9. The Morgan fingerprint density at radius 1 is 1.32 bits per heavy atom. The molecule has 0 aromatic carbocycles. The first-order valence-corrected chi connectivity index (χ1v) is 8.12. The Balaban J connectivity index is 1.67. The van der Waals surface area contributed by atoms with Gasteiger partial charge in [0.25, 0.3) is 21.1 Å². The highest BCUT2D eigenvalue weighted by atomic mass is 32.2. The molecule has 1 saturated heterocycles. The first kappa shape index (κ1) is 14.7. The van der Waals surface area contributed by atoms with Gasteiger partial charge in [-0.2, -0.15) is 9.40 Å². The van der Waals surface area contributed by atoms with Crippen LogP contribution in [0.4, 0.5) is 0 Å². The Morgan fingerprint density at radius 2 is 2.05 bits per heavy atom. The predicted octanol–water partition coefficient (Wildman–Crippen LogP) is -0.147. The first-order chi connectivity index (χ1) is 10.5. The minimum atomic E-state index is -3.68. The van der Waals surface area contributed by atoms with E-state index >= 15 is 0 Å². The Labute approximate surface area is 127 Å². The molecule has 10 heteroatoms. The second-order valence-corrected chi connectivity index (χ2v) is 6.79. The summed E-state index contributed by atoms with van der Waals surface area (Å²) in [4.78, 5) is 17.6. The average molecular weight is 325 g/mol. The number of nitrogens with zero attached hydrogens (tertiary/aromatic N) is 4. The zero-order chi connectivity index (χ0) is 15.7. The van der Waals surface area contributed by atoms with Gasteiger partial charge in [-0.3, -0.25) is 4.79 Å². The second-order valence-electron chi connectivity index (χ2n) is 4.93. The van der Waals surface area contributed by atoms with Crippen molar-refractivity contribution < 1.29 is 17.6 Å². The number of hydrogen-bond donors (Lipinski definition) is 1. The minimum Gasteiger partial charge on any atom is -0.469 e. The Bertz CT molecular complexity index is 759. The third-order valence-electron chi connectivity index (χ3n) is 3.48. The number of carbonyl (C=O) groups excluding carboxylic acids is 1. The summed E-state index contributed by atoms with van der Waals surface area (Å²) in [6, 6.07) is 1.67. The van der Waals surface area contributed by atoms with E-state index in [9.17, 15) is 13.2 Å². The number of rotatable bonds is 3. The smallest absolute Gasteiger partial charge is 0.278 e. The van der Waals surface area contributed by atoms with Crippen molar-refractivity contribution in [1.29, 1.82) is 0 Å². The summed E-state index contributed by atoms with van der Waals surface area (Å²) in [7, 11) is -3.68. The van der Waals surface area contributed by atoms with Crippen LogP contribution >= 0.6 is 0 Å². The minimum absolute atomic E-state index is 0.159. The molecule has 1 aliphatic rings. The van der Waals surface area contributed by atoms with E-state index in [1.54, 1.807) is 17.9 Å². The molecule has 3 rings (SSSR count). The van der Waals surface area contributed by atoms with Crippen molar-refractivity contribution in [2.45, 2.75) is 12.1 Å². The van der Waals surface area contributed by atoms with Crippen LogP contribution in [0.5, 0.6) is 0 Å². The van der Waals surface area contributed by atoms with Crippen molar-refractivity contribution in [2.75, 3.05) is 26.2 Å². The van der Waals surface area contributed by atoms with Crippen molar-refractivity contribution in [3.8, 4) is 0 Å². The van der Waals surface area contributed by atoms with Crippen molar-refractivity contribution in [3.05, 3.63) is 30.0 Å². The van der Waals surface area contributed by atoms with Gasteiger partial charge in [0.05, 0.1) is 5.56 Å². The molecular formula is C12H15N5O4S. The lowest BCUT2D eigenvalue weighted by molar-refractivity contribution is 0.0697. The number of furan rings is 1. The van der Waals surface area contributed by atoms with Gasteiger partial charge in [0.15, 0.2) is 0 Å². The van der Waals surface area contributed by atoms with Crippen molar-refractivity contribution in [1.82, 2.24) is 24.4 Å². The summed E-state index contributed by atoms with van der Waals surface area (Å²) >= 11 is 0. The number of aryl methyl sites for hydroxylation is 1. The molecule has 1 aliphatic heterocycles. The largest absolute Gasteiger partial charge is 0.469 e. The van der Waals surface area contributed by atoms with Crippen LogP contribution in [0.2, 0.25) is 0 Å². The summed E-state index contributed by atoms with van der Waals surface area (Å²) in [5.74, 6) is 0.503. The maximum Gasteiger partial charge on any atom is 0.278 e. The lowest BCUT2D eigenvalue weighted by Crippen LogP contribution is -2.50. The number of nitrogens with one attached hydrogen (secondary N) is 1. The Kier molecular flexibility index (Phi) is 3.71. The standard InChI is InChI=1S/C12H15N5O4S/c1-9-6-10(7-21-9)11(18)16-2-4-17(5-3-16)22(19,20)12-13-8-14-15-12/h6-8H,2-5H2,1H3,(H,13,14,15). The summed E-state index contributed by atoms with van der Waals surface area (Å²) in [5.41, 5.74) is 0.476. The molecular weight excluding hydrogens is 310 g/mol. The highest BCUT2D eigenvalue weighted by Gasteiger charge is 2.32. The molecule has 0 atom stereocenters. The Morgan fingerprint density at radius 3 is 2.59 bits per heavy atom. The van der Waals surface area contributed by atoms with Crippen LogP contribution in [0.1, 0.15) is 16.1 Å². The molecule has 0 spiro atoms. The van der Waals surface area contributed by atoms with E-state index in [0.717, 1.165) is 6.33 Å². The van der Waals surface area contributed by atoms with Crippen LogP contribution in [0.25, 0.3) is 0 Å². The summed E-state index contributed by atoms with van der Waals surface area (Å²) in [6.45, 7) is 2.82. The van der Waals surface area contributed by atoms with Crippen LogP contribution < -0.4 is 0 Å². The van der Waals surface area contributed by atoms with Gasteiger partial charge < -0.3 is 9.32 Å². The van der Waals surface area contributed by atoms with Crippen LogP contribution in [-0.4, -0.2) is 64.9 Å². The molecule has 1 amide bonds. The van der Waals surface area contributed by atoms with E-state index < -0.39 is 10.0 Å². The number of piperazine rings is 1. The third-order valence-corrected chi connectivity index (χ3v) is 5.21. The second kappa shape index (κ2) is 5.54. The Hall–Kier alpha value is -2.20. The fraction of sp³-hybridized carbons (Fsp3) is 0.417. The summed E-state index contributed by atoms with van der Waals surface area (Å²) < 4.78 is 31.0. The number of hydrogen-bond acceptors (Lipinski definition) is 6. The number of amides is 1. The zero-order valence-corrected chi connectivity index (χ0v) is 12.7. The van der Waals surface area contributed by atoms with Gasteiger partial charge in [-0.1, -0.05) is 0 Å². The quantitative estimate of drug-likeness (QED) is 0.840. The molecule has 1 fully saturated rings. The van der Waals surface area contributed by atoms with E-state index in [4.69, 9.17) is 4.42 Å². The fourth-order valence-corrected chi connectivity index (χ4v) is 3.55. The molecule has 118 valence electrons. The lowest BCUT2D eigenvalue weighted by Gasteiger charge is -2.33. The number of carbonyl (C=O) groups is 1. The summed E-state index contributed by atoms with van der Waals surface area (Å²) in [6.07, 6.45) is 2.56. The number of aromatic nitrogens is 3. The van der Waals surface area contributed by atoms with Crippen molar-refractivity contribution >= 4 is 15.9 Å². The van der Waals surface area contributed by atoms with E-state index in [-0.39, 0.29) is 24.2 Å². The summed E-state index contributed by atoms with van der Waals surface area (Å²) in [5, 5.41) is 5.72. The molecule has 0 aliphatic carbocycles. The van der Waals surface area contributed by atoms with E-state index in [2.05, 4.69) is 15.2 Å². The topological polar surface area (TPSA) is 112 Å². The SMILES string of the molecule is Cc1cc(C(=O)N2CCN(S(=O)(=O)c3ncn[nH]3)CC2)co1. The van der Waals surface area contributed by atoms with E-state index in [1.807, 2.05) is 0 Å². The maximum atomic E-state index is 12.3. The monoisotopic (exact) mass is 325 g/mol. The molecule has 0 saturated carbocycles. The number of sulfonamides is 1. The van der Waals surface area contributed by atoms with Gasteiger partial charge in [-0.05, 0) is 13.0 Å². The van der Waals surface area contributed by atoms with Gasteiger partial charge in [-0.25, -0.2) is 18.5 Å². The molecule has 0 bridgehead atoms. The van der Waals surface area contributed by atoms with Crippen LogP contribution in [-0.2, 0) is 10.0 Å². The average Bonchev–Trinajstić information content (AvgIpc) is 3.18. The maximum absolute atomic E-state index is 12.3. The molecule has 2 aromatic heterocycles. The van der Waals surface area contributed by atoms with Gasteiger partial charge >= 0.3 is 0 Å². The number of aromatic amines is 1. The van der Waals surface area contributed by atoms with Gasteiger partial charge in [0.2, 0.25) is 0 Å². The lowest BCUT2D eigenvalue weighted by atomic mass is 10.2. The third kappa shape index (κ3) is 2.62. The molecule has 9 nitrogen and oxygen atoms in total. The first-order valence-electron chi connectivity index (χ1n) is 6.68. The van der Waals surface area contributed by atoms with Crippen LogP contribution in [0, 0.1) is 6.92 Å². The van der Waals surface area contributed by atoms with Gasteiger partial charge in [0, 0.05) is 26.2 Å².